The Morgan fingerprint density at radius 3 is 2.17 bits per heavy atom. The lowest BCUT2D eigenvalue weighted by Crippen LogP contribution is -2.90. The highest BCUT2D eigenvalue weighted by molar-refractivity contribution is 5.92. The first-order valence-electron chi connectivity index (χ1n) is 6.69. The maximum absolute atomic E-state index is 12.0. The van der Waals surface area contributed by atoms with Gasteiger partial charge in [-0.15, -0.1) is 0 Å². The molecular formula is C12H22N2O9. The quantitative estimate of drug-likeness (QED) is 0.238. The van der Waals surface area contributed by atoms with Gasteiger partial charge in [-0.1, -0.05) is 0 Å². The number of ketones is 1. The van der Waals surface area contributed by atoms with Gasteiger partial charge in [0, 0.05) is 0 Å². The first kappa shape index (κ1) is 19.9. The Bertz CT molecular complexity index is 501. The minimum Gasteiger partial charge on any atom is -0.480 e. The number of nitrogens with two attached hydrogens (primary N) is 2. The van der Waals surface area contributed by atoms with E-state index >= 15 is 0 Å². The maximum atomic E-state index is 12.0. The molecule has 0 aromatic heterocycles. The lowest BCUT2D eigenvalue weighted by atomic mass is 9.65. The summed E-state index contributed by atoms with van der Waals surface area (Å²) in [6.45, 7) is 0.763. The summed E-state index contributed by atoms with van der Waals surface area (Å²) >= 11 is 0. The number of carboxylic acid groups (broad SMARTS) is 1. The van der Waals surface area contributed by atoms with E-state index in [1.54, 1.807) is 0 Å². The standard InChI is InChI=1S/C12H22N2O9/c1-4(16)10(13)8(19)7(18)6(3-15)23-12(10,22)11(14,5(2)17)9(20)21/h5-8,15,17-19,22H,3,13-14H2,1-2H3,(H,20,21)/t5?,6-,7-,8+,10-,11+,12+/m1/s1. The second-order valence-corrected chi connectivity index (χ2v) is 5.69. The molecule has 0 aromatic rings. The summed E-state index contributed by atoms with van der Waals surface area (Å²) in [4.78, 5) is 23.5. The second kappa shape index (κ2) is 6.03. The van der Waals surface area contributed by atoms with Gasteiger partial charge in [0.1, 0.15) is 18.3 Å². The number of carbonyl (C=O) groups excluding carboxylic acids is 1. The summed E-state index contributed by atoms with van der Waals surface area (Å²) in [5, 5.41) is 59.1. The molecule has 0 amide bonds. The molecule has 11 nitrogen and oxygen atoms in total. The summed E-state index contributed by atoms with van der Waals surface area (Å²) in [6, 6.07) is 0. The van der Waals surface area contributed by atoms with E-state index in [2.05, 4.69) is 0 Å². The van der Waals surface area contributed by atoms with Crippen LogP contribution in [0.2, 0.25) is 0 Å². The van der Waals surface area contributed by atoms with Gasteiger partial charge in [-0.2, -0.15) is 0 Å². The molecular weight excluding hydrogens is 316 g/mol. The molecule has 23 heavy (non-hydrogen) atoms. The van der Waals surface area contributed by atoms with Crippen molar-refractivity contribution in [3.05, 3.63) is 0 Å². The second-order valence-electron chi connectivity index (χ2n) is 5.69. The molecule has 1 rings (SSSR count). The predicted octanol–water partition coefficient (Wildman–Crippen LogP) is -4.76. The van der Waals surface area contributed by atoms with Crippen molar-refractivity contribution in [1.82, 2.24) is 0 Å². The number of hydrogen-bond acceptors (Lipinski definition) is 10. The Labute approximate surface area is 131 Å². The molecule has 1 unspecified atom stereocenters. The molecule has 1 aliphatic rings. The van der Waals surface area contributed by atoms with Crippen LogP contribution in [-0.4, -0.2) is 90.3 Å². The van der Waals surface area contributed by atoms with Crippen molar-refractivity contribution in [1.29, 1.82) is 0 Å². The SMILES string of the molecule is CC(=O)[C@@]1(N)[C@@H](O)[C@H](O)[C@@H](CO)O[C@]1(O)[C@@](N)(C(=O)O)C(C)O. The van der Waals surface area contributed by atoms with Crippen LogP contribution < -0.4 is 11.5 Å². The van der Waals surface area contributed by atoms with Crippen molar-refractivity contribution < 1.29 is 45.0 Å². The van der Waals surface area contributed by atoms with Crippen LogP contribution in [0.1, 0.15) is 13.8 Å². The summed E-state index contributed by atoms with van der Waals surface area (Å²) in [5.41, 5.74) is 5.38. The topological polar surface area (TPSA) is 217 Å². The van der Waals surface area contributed by atoms with Crippen LogP contribution in [0.3, 0.4) is 0 Å². The third kappa shape index (κ3) is 2.37. The van der Waals surface area contributed by atoms with Gasteiger partial charge in [-0.3, -0.25) is 4.79 Å². The number of aliphatic hydroxyl groups is 5. The average Bonchev–Trinajstić information content (AvgIpc) is 2.46. The average molecular weight is 338 g/mol. The number of aliphatic carboxylic acids is 1. The molecule has 1 heterocycles. The van der Waals surface area contributed by atoms with Gasteiger partial charge < -0.3 is 46.8 Å². The van der Waals surface area contributed by atoms with Gasteiger partial charge in [0.2, 0.25) is 5.79 Å². The van der Waals surface area contributed by atoms with Gasteiger partial charge in [-0.25, -0.2) is 4.79 Å². The van der Waals surface area contributed by atoms with Crippen molar-refractivity contribution in [3.8, 4) is 0 Å². The molecule has 1 fully saturated rings. The largest absolute Gasteiger partial charge is 0.480 e. The molecule has 10 N–H and O–H groups in total. The third-order valence-electron chi connectivity index (χ3n) is 4.39. The zero-order valence-corrected chi connectivity index (χ0v) is 12.6. The minimum absolute atomic E-state index is 0.813. The molecule has 1 saturated heterocycles. The number of aliphatic hydroxyl groups excluding tert-OH is 4. The van der Waals surface area contributed by atoms with E-state index in [4.69, 9.17) is 16.2 Å². The number of rotatable bonds is 5. The first-order valence-corrected chi connectivity index (χ1v) is 6.69. The fourth-order valence-electron chi connectivity index (χ4n) is 2.70. The Hall–Kier alpha value is -1.18. The summed E-state index contributed by atoms with van der Waals surface area (Å²) in [6.07, 6.45) is -7.83. The zero-order chi connectivity index (χ0) is 18.4. The first-order chi connectivity index (χ1) is 10.3. The highest BCUT2D eigenvalue weighted by Gasteiger charge is 2.75. The molecule has 0 saturated carbocycles. The minimum atomic E-state index is -3.34. The Balaban J connectivity index is 3.71. The van der Waals surface area contributed by atoms with Crippen molar-refractivity contribution in [2.45, 2.75) is 55.1 Å². The van der Waals surface area contributed by atoms with Gasteiger partial charge in [0.15, 0.2) is 16.9 Å². The highest BCUT2D eigenvalue weighted by atomic mass is 16.7. The molecule has 0 aliphatic carbocycles. The fourth-order valence-corrected chi connectivity index (χ4v) is 2.70. The number of carbonyl (C=O) groups is 2. The van der Waals surface area contributed by atoms with E-state index in [0.717, 1.165) is 13.8 Å². The Morgan fingerprint density at radius 2 is 1.87 bits per heavy atom. The third-order valence-corrected chi connectivity index (χ3v) is 4.39. The Morgan fingerprint density at radius 1 is 1.39 bits per heavy atom. The molecule has 7 atom stereocenters. The van der Waals surface area contributed by atoms with E-state index < -0.39 is 59.6 Å². The van der Waals surface area contributed by atoms with E-state index in [9.17, 15) is 40.2 Å². The number of ether oxygens (including phenoxy) is 1. The normalized spacial score (nSPS) is 41.9. The van der Waals surface area contributed by atoms with Crippen LogP contribution in [0.25, 0.3) is 0 Å². The van der Waals surface area contributed by atoms with Gasteiger partial charge in [-0.05, 0) is 13.8 Å². The number of Topliss-reactive ketones (excluding diaryl/α,β-unsaturated/α-hetero) is 1. The molecule has 0 spiro atoms. The monoisotopic (exact) mass is 338 g/mol. The van der Waals surface area contributed by atoms with Crippen LogP contribution in [-0.2, 0) is 14.3 Å². The summed E-state index contributed by atoms with van der Waals surface area (Å²) in [7, 11) is 0. The maximum Gasteiger partial charge on any atom is 0.332 e. The highest BCUT2D eigenvalue weighted by Crippen LogP contribution is 2.43. The lowest BCUT2D eigenvalue weighted by molar-refractivity contribution is -0.360. The van der Waals surface area contributed by atoms with Crippen LogP contribution in [0.5, 0.6) is 0 Å². The molecule has 0 radical (unpaired) electrons. The molecule has 0 bridgehead atoms. The van der Waals surface area contributed by atoms with E-state index in [0.29, 0.717) is 0 Å². The molecule has 134 valence electrons. The smallest absolute Gasteiger partial charge is 0.332 e. The molecule has 11 heteroatoms. The molecule has 1 aliphatic heterocycles. The van der Waals surface area contributed by atoms with Crippen molar-refractivity contribution in [2.24, 2.45) is 11.5 Å². The van der Waals surface area contributed by atoms with Gasteiger partial charge >= 0.3 is 5.97 Å². The van der Waals surface area contributed by atoms with Crippen LogP contribution in [0, 0.1) is 0 Å². The lowest BCUT2D eigenvalue weighted by Gasteiger charge is -2.57. The van der Waals surface area contributed by atoms with E-state index in [-0.39, 0.29) is 0 Å². The van der Waals surface area contributed by atoms with E-state index in [1.165, 1.54) is 0 Å². The number of hydrogen-bond donors (Lipinski definition) is 8. The summed E-state index contributed by atoms with van der Waals surface area (Å²) in [5.74, 6) is -6.47. The van der Waals surface area contributed by atoms with Crippen molar-refractivity contribution >= 4 is 11.8 Å². The van der Waals surface area contributed by atoms with Crippen LogP contribution in [0.4, 0.5) is 0 Å². The zero-order valence-electron chi connectivity index (χ0n) is 12.6. The predicted molar refractivity (Wildman–Crippen MR) is 72.8 cm³/mol. The van der Waals surface area contributed by atoms with Crippen LogP contribution in [0.15, 0.2) is 0 Å². The summed E-state index contributed by atoms with van der Waals surface area (Å²) < 4.78 is 4.95. The Kier molecular flexibility index (Phi) is 5.21. The van der Waals surface area contributed by atoms with Gasteiger partial charge in [0.25, 0.3) is 0 Å². The van der Waals surface area contributed by atoms with E-state index in [1.807, 2.05) is 0 Å². The van der Waals surface area contributed by atoms with Crippen molar-refractivity contribution in [2.75, 3.05) is 6.61 Å². The van der Waals surface area contributed by atoms with Crippen LogP contribution >= 0.6 is 0 Å². The van der Waals surface area contributed by atoms with Crippen molar-refractivity contribution in [3.63, 3.8) is 0 Å². The number of carboxylic acids is 1. The molecule has 0 aromatic carbocycles. The van der Waals surface area contributed by atoms with Gasteiger partial charge in [0.05, 0.1) is 12.7 Å². The fraction of sp³-hybridized carbons (Fsp3) is 0.833.